The molecule has 10 heteroatoms. The van der Waals surface area contributed by atoms with Crippen LogP contribution in [0.1, 0.15) is 28.1 Å². The molecule has 0 radical (unpaired) electrons. The molecule has 3 rings (SSSR count). The lowest BCUT2D eigenvalue weighted by molar-refractivity contribution is 0.599. The van der Waals surface area contributed by atoms with E-state index in [2.05, 4.69) is 19.4 Å². The number of rotatable bonds is 6. The molecule has 0 unspecified atom stereocenters. The van der Waals surface area contributed by atoms with Crippen molar-refractivity contribution >= 4 is 31.6 Å². The van der Waals surface area contributed by atoms with Gasteiger partial charge in [0.05, 0.1) is 9.79 Å². The lowest BCUT2D eigenvalue weighted by atomic mass is 10.0. The molecule has 3 aromatic rings. The Labute approximate surface area is 182 Å². The summed E-state index contributed by atoms with van der Waals surface area (Å²) in [4.78, 5) is 8.16. The summed E-state index contributed by atoms with van der Waals surface area (Å²) in [5.74, 6) is 0.583. The number of nitrogens with one attached hydrogen (secondary N) is 2. The van der Waals surface area contributed by atoms with E-state index in [0.29, 0.717) is 17.0 Å². The number of nitrogens with zero attached hydrogens (tertiary/aromatic N) is 2. The van der Waals surface area contributed by atoms with E-state index in [4.69, 9.17) is 0 Å². The maximum absolute atomic E-state index is 13.0. The van der Waals surface area contributed by atoms with Crippen LogP contribution >= 0.6 is 0 Å². The minimum Gasteiger partial charge on any atom is -0.280 e. The predicted octanol–water partition coefficient (Wildman–Crippen LogP) is 3.62. The van der Waals surface area contributed by atoms with Crippen LogP contribution in [0.3, 0.4) is 0 Å². The minimum absolute atomic E-state index is 0.0227. The Balaban J connectivity index is 1.87. The molecule has 1 heterocycles. The van der Waals surface area contributed by atoms with Gasteiger partial charge < -0.3 is 0 Å². The van der Waals surface area contributed by atoms with Gasteiger partial charge in [-0.05, 0) is 87.2 Å². The van der Waals surface area contributed by atoms with Crippen molar-refractivity contribution in [1.29, 1.82) is 0 Å². The molecule has 1 aromatic heterocycles. The molecule has 0 fully saturated rings. The fourth-order valence-corrected chi connectivity index (χ4v) is 5.88. The van der Waals surface area contributed by atoms with Gasteiger partial charge >= 0.3 is 0 Å². The summed E-state index contributed by atoms with van der Waals surface area (Å²) >= 11 is 0. The molecular weight excluding hydrogens is 436 g/mol. The molecule has 0 saturated heterocycles. The van der Waals surface area contributed by atoms with Gasteiger partial charge in [0, 0.05) is 11.9 Å². The molecular formula is C21H24N4O4S2. The van der Waals surface area contributed by atoms with Crippen LogP contribution in [0, 0.1) is 34.6 Å². The third-order valence-corrected chi connectivity index (χ3v) is 8.02. The van der Waals surface area contributed by atoms with Gasteiger partial charge in [-0.2, -0.15) is 0 Å². The van der Waals surface area contributed by atoms with Crippen molar-refractivity contribution in [3.8, 4) is 0 Å². The number of benzene rings is 2. The highest BCUT2D eigenvalue weighted by Gasteiger charge is 2.23. The molecule has 0 atom stereocenters. The Morgan fingerprint density at radius 3 is 1.87 bits per heavy atom. The van der Waals surface area contributed by atoms with Gasteiger partial charge in [-0.3, -0.25) is 9.44 Å². The minimum atomic E-state index is -3.88. The molecule has 0 aliphatic carbocycles. The zero-order chi connectivity index (χ0) is 23.0. The number of hydrogen-bond acceptors (Lipinski definition) is 6. The Morgan fingerprint density at radius 2 is 1.32 bits per heavy atom. The van der Waals surface area contributed by atoms with Gasteiger partial charge in [0.2, 0.25) is 0 Å². The van der Waals surface area contributed by atoms with Crippen LogP contribution < -0.4 is 9.44 Å². The van der Waals surface area contributed by atoms with Crippen molar-refractivity contribution in [3.05, 3.63) is 70.7 Å². The fourth-order valence-electron chi connectivity index (χ4n) is 3.20. The van der Waals surface area contributed by atoms with E-state index in [1.165, 1.54) is 36.5 Å². The quantitative estimate of drug-likeness (QED) is 0.580. The van der Waals surface area contributed by atoms with Gasteiger partial charge in [-0.1, -0.05) is 6.07 Å². The Morgan fingerprint density at radius 1 is 0.742 bits per heavy atom. The molecule has 0 saturated carbocycles. The van der Waals surface area contributed by atoms with Crippen molar-refractivity contribution in [1.82, 2.24) is 9.97 Å². The summed E-state index contributed by atoms with van der Waals surface area (Å²) in [6.45, 7) is 8.93. The second-order valence-electron chi connectivity index (χ2n) is 7.31. The molecule has 0 bridgehead atoms. The maximum atomic E-state index is 13.0. The van der Waals surface area contributed by atoms with Crippen LogP contribution in [-0.4, -0.2) is 26.8 Å². The molecule has 0 spiro atoms. The summed E-state index contributed by atoms with van der Waals surface area (Å²) in [5.41, 5.74) is 3.39. The van der Waals surface area contributed by atoms with E-state index in [-0.39, 0.29) is 21.3 Å². The lowest BCUT2D eigenvalue weighted by Crippen LogP contribution is -2.17. The third-order valence-electron chi connectivity index (χ3n) is 5.00. The molecule has 0 aliphatic heterocycles. The standard InChI is InChI=1S/C21H24N4O4S2/c1-13-12-14(2)16(4)21(15(13)3)31(28,29)24-18-6-8-19(9-7-18)30(26,27)25-20-10-11-22-17(5)23-20/h6-12,24H,1-5H3,(H,22,23,25). The molecule has 0 amide bonds. The van der Waals surface area contributed by atoms with Gasteiger partial charge in [-0.25, -0.2) is 26.8 Å². The number of anilines is 2. The highest BCUT2D eigenvalue weighted by Crippen LogP contribution is 2.28. The smallest absolute Gasteiger partial charge is 0.263 e. The molecule has 8 nitrogen and oxygen atoms in total. The average molecular weight is 461 g/mol. The van der Waals surface area contributed by atoms with E-state index < -0.39 is 20.0 Å². The number of hydrogen-bond donors (Lipinski definition) is 2. The highest BCUT2D eigenvalue weighted by atomic mass is 32.2. The van der Waals surface area contributed by atoms with E-state index in [1.54, 1.807) is 20.8 Å². The molecule has 2 N–H and O–H groups in total. The van der Waals surface area contributed by atoms with Crippen LogP contribution in [-0.2, 0) is 20.0 Å². The number of aromatic nitrogens is 2. The summed E-state index contributed by atoms with van der Waals surface area (Å²) in [5, 5.41) is 0. The first-order valence-electron chi connectivity index (χ1n) is 9.43. The van der Waals surface area contributed by atoms with E-state index >= 15 is 0 Å². The van der Waals surface area contributed by atoms with Crippen molar-refractivity contribution < 1.29 is 16.8 Å². The second kappa shape index (κ2) is 8.27. The van der Waals surface area contributed by atoms with E-state index in [9.17, 15) is 16.8 Å². The summed E-state index contributed by atoms with van der Waals surface area (Å²) < 4.78 is 56.2. The number of aryl methyl sites for hydroxylation is 3. The second-order valence-corrected chi connectivity index (χ2v) is 10.6. The zero-order valence-corrected chi connectivity index (χ0v) is 19.5. The van der Waals surface area contributed by atoms with Crippen molar-refractivity contribution in [2.24, 2.45) is 0 Å². The monoisotopic (exact) mass is 460 g/mol. The molecule has 164 valence electrons. The van der Waals surface area contributed by atoms with Crippen LogP contribution in [0.25, 0.3) is 0 Å². The average Bonchev–Trinajstić information content (AvgIpc) is 2.66. The fraction of sp³-hybridized carbons (Fsp3) is 0.238. The van der Waals surface area contributed by atoms with Crippen LogP contribution in [0.5, 0.6) is 0 Å². The van der Waals surface area contributed by atoms with E-state index in [0.717, 1.165) is 11.1 Å². The van der Waals surface area contributed by atoms with Crippen molar-refractivity contribution in [3.63, 3.8) is 0 Å². The van der Waals surface area contributed by atoms with Crippen LogP contribution in [0.2, 0.25) is 0 Å². The van der Waals surface area contributed by atoms with Crippen LogP contribution in [0.4, 0.5) is 11.5 Å². The predicted molar refractivity (Wildman–Crippen MR) is 120 cm³/mol. The van der Waals surface area contributed by atoms with Crippen molar-refractivity contribution in [2.45, 2.75) is 44.4 Å². The Kier molecular flexibility index (Phi) is 6.06. The molecule has 2 aromatic carbocycles. The van der Waals surface area contributed by atoms with Gasteiger partial charge in [-0.15, -0.1) is 0 Å². The highest BCUT2D eigenvalue weighted by molar-refractivity contribution is 7.93. The largest absolute Gasteiger partial charge is 0.280 e. The third kappa shape index (κ3) is 4.86. The summed E-state index contributed by atoms with van der Waals surface area (Å²) in [6, 6.07) is 8.87. The maximum Gasteiger partial charge on any atom is 0.263 e. The Bertz CT molecular complexity index is 1320. The van der Waals surface area contributed by atoms with E-state index in [1.807, 2.05) is 19.9 Å². The summed E-state index contributed by atoms with van der Waals surface area (Å²) in [6.07, 6.45) is 1.45. The zero-order valence-electron chi connectivity index (χ0n) is 17.9. The van der Waals surface area contributed by atoms with Gasteiger partial charge in [0.1, 0.15) is 11.6 Å². The van der Waals surface area contributed by atoms with Crippen LogP contribution in [0.15, 0.2) is 52.4 Å². The number of sulfonamides is 2. The lowest BCUT2D eigenvalue weighted by Gasteiger charge is -2.17. The summed E-state index contributed by atoms with van der Waals surface area (Å²) in [7, 11) is -7.74. The molecule has 0 aliphatic rings. The van der Waals surface area contributed by atoms with Crippen molar-refractivity contribution in [2.75, 3.05) is 9.44 Å². The SMILES string of the molecule is Cc1nccc(NS(=O)(=O)c2ccc(NS(=O)(=O)c3c(C)c(C)cc(C)c3C)cc2)n1. The van der Waals surface area contributed by atoms with Gasteiger partial charge in [0.25, 0.3) is 20.0 Å². The first-order valence-corrected chi connectivity index (χ1v) is 12.4. The first kappa shape index (κ1) is 22.7. The molecule has 31 heavy (non-hydrogen) atoms. The normalized spacial score (nSPS) is 11.9. The Hall–Kier alpha value is -2.98. The van der Waals surface area contributed by atoms with Gasteiger partial charge in [0.15, 0.2) is 0 Å². The first-order chi connectivity index (χ1) is 14.4. The topological polar surface area (TPSA) is 118 Å².